The minimum Gasteiger partial charge on any atom is -0.383 e. The Bertz CT molecular complexity index is 621. The smallest absolute Gasteiger partial charge is 0.149 e. The van der Waals surface area contributed by atoms with Gasteiger partial charge in [0.2, 0.25) is 0 Å². The lowest BCUT2D eigenvalue weighted by molar-refractivity contribution is 0.590. The highest BCUT2D eigenvalue weighted by Crippen LogP contribution is 2.27. The summed E-state index contributed by atoms with van der Waals surface area (Å²) in [6, 6.07) is 3.65. The van der Waals surface area contributed by atoms with Crippen LogP contribution in [-0.2, 0) is 0 Å². The van der Waals surface area contributed by atoms with Crippen LogP contribution in [0.1, 0.15) is 31.2 Å². The standard InChI is InChI=1S/C14H16F2N4/c1-7(2)13-19-12(17)8(3)14(20-13)18-11-9(15)5-4-6-10(11)16/h4-7H,1-3H3,(H3,17,18,19,20). The molecule has 0 aliphatic carbocycles. The maximum atomic E-state index is 13.7. The molecule has 0 bridgehead atoms. The Labute approximate surface area is 116 Å². The van der Waals surface area contributed by atoms with Gasteiger partial charge in [-0.1, -0.05) is 19.9 Å². The van der Waals surface area contributed by atoms with Crippen molar-refractivity contribution in [2.45, 2.75) is 26.7 Å². The van der Waals surface area contributed by atoms with E-state index in [-0.39, 0.29) is 11.6 Å². The topological polar surface area (TPSA) is 63.8 Å². The quantitative estimate of drug-likeness (QED) is 0.901. The highest BCUT2D eigenvalue weighted by Gasteiger charge is 2.15. The summed E-state index contributed by atoms with van der Waals surface area (Å²) in [5, 5.41) is 2.66. The Hall–Kier alpha value is -2.24. The third-order valence-electron chi connectivity index (χ3n) is 2.92. The molecule has 2 rings (SSSR count). The van der Waals surface area contributed by atoms with Gasteiger partial charge in [-0.2, -0.15) is 0 Å². The molecule has 0 radical (unpaired) electrons. The summed E-state index contributed by atoms with van der Waals surface area (Å²) >= 11 is 0. The fourth-order valence-corrected chi connectivity index (χ4v) is 1.67. The SMILES string of the molecule is Cc1c(N)nc(C(C)C)nc1Nc1c(F)cccc1F. The Morgan fingerprint density at radius 3 is 2.30 bits per heavy atom. The number of benzene rings is 1. The van der Waals surface area contributed by atoms with Crippen molar-refractivity contribution in [1.82, 2.24) is 9.97 Å². The largest absolute Gasteiger partial charge is 0.383 e. The summed E-state index contributed by atoms with van der Waals surface area (Å²) in [6.07, 6.45) is 0. The van der Waals surface area contributed by atoms with Gasteiger partial charge in [0.05, 0.1) is 0 Å². The summed E-state index contributed by atoms with van der Waals surface area (Å²) in [5.41, 5.74) is 6.12. The van der Waals surface area contributed by atoms with Gasteiger partial charge in [0.15, 0.2) is 0 Å². The molecular formula is C14H16F2N4. The maximum absolute atomic E-state index is 13.7. The molecule has 2 aromatic rings. The van der Waals surface area contributed by atoms with Crippen molar-refractivity contribution in [3.05, 3.63) is 41.2 Å². The van der Waals surface area contributed by atoms with E-state index in [0.29, 0.717) is 23.0 Å². The van der Waals surface area contributed by atoms with Gasteiger partial charge in [0.1, 0.15) is 34.8 Å². The number of hydrogen-bond acceptors (Lipinski definition) is 4. The highest BCUT2D eigenvalue weighted by molar-refractivity contribution is 5.64. The fraction of sp³-hybridized carbons (Fsp3) is 0.286. The number of nitrogens with one attached hydrogen (secondary N) is 1. The van der Waals surface area contributed by atoms with Gasteiger partial charge in [0.25, 0.3) is 0 Å². The fourth-order valence-electron chi connectivity index (χ4n) is 1.67. The van der Waals surface area contributed by atoms with E-state index < -0.39 is 11.6 Å². The van der Waals surface area contributed by atoms with Crippen molar-refractivity contribution in [3.8, 4) is 0 Å². The van der Waals surface area contributed by atoms with Crippen LogP contribution in [0.2, 0.25) is 0 Å². The van der Waals surface area contributed by atoms with Crippen LogP contribution in [0.4, 0.5) is 26.1 Å². The molecule has 0 aliphatic heterocycles. The lowest BCUT2D eigenvalue weighted by atomic mass is 10.2. The second-order valence-corrected chi connectivity index (χ2v) is 4.82. The Kier molecular flexibility index (Phi) is 3.83. The number of nitrogen functional groups attached to an aromatic ring is 1. The van der Waals surface area contributed by atoms with Gasteiger partial charge in [-0.25, -0.2) is 18.7 Å². The molecule has 106 valence electrons. The molecule has 20 heavy (non-hydrogen) atoms. The van der Waals surface area contributed by atoms with Gasteiger partial charge < -0.3 is 11.1 Å². The summed E-state index contributed by atoms with van der Waals surface area (Å²) in [6.45, 7) is 5.52. The summed E-state index contributed by atoms with van der Waals surface area (Å²) in [4.78, 5) is 8.43. The molecule has 0 atom stereocenters. The molecule has 1 aromatic heterocycles. The Morgan fingerprint density at radius 2 is 1.75 bits per heavy atom. The molecule has 1 heterocycles. The van der Waals surface area contributed by atoms with Gasteiger partial charge >= 0.3 is 0 Å². The van der Waals surface area contributed by atoms with Crippen LogP contribution in [0.25, 0.3) is 0 Å². The van der Waals surface area contributed by atoms with E-state index in [1.54, 1.807) is 6.92 Å². The van der Waals surface area contributed by atoms with Crippen molar-refractivity contribution in [2.24, 2.45) is 0 Å². The summed E-state index contributed by atoms with van der Waals surface area (Å²) in [7, 11) is 0. The lowest BCUT2D eigenvalue weighted by Crippen LogP contribution is -2.09. The molecule has 0 fully saturated rings. The van der Waals surface area contributed by atoms with Crippen LogP contribution in [0, 0.1) is 18.6 Å². The third-order valence-corrected chi connectivity index (χ3v) is 2.92. The van der Waals surface area contributed by atoms with Crippen molar-refractivity contribution in [3.63, 3.8) is 0 Å². The average Bonchev–Trinajstić information content (AvgIpc) is 2.38. The first kappa shape index (κ1) is 14.2. The number of halogens is 2. The number of para-hydroxylation sites is 1. The van der Waals surface area contributed by atoms with Crippen molar-refractivity contribution in [2.75, 3.05) is 11.1 Å². The van der Waals surface area contributed by atoms with Crippen LogP contribution in [0.15, 0.2) is 18.2 Å². The van der Waals surface area contributed by atoms with Crippen LogP contribution in [0.3, 0.4) is 0 Å². The number of rotatable bonds is 3. The van der Waals surface area contributed by atoms with Crippen molar-refractivity contribution in [1.29, 1.82) is 0 Å². The van der Waals surface area contributed by atoms with E-state index in [1.807, 2.05) is 13.8 Å². The minimum atomic E-state index is -0.687. The number of nitrogens with two attached hydrogens (primary N) is 1. The second-order valence-electron chi connectivity index (χ2n) is 4.82. The van der Waals surface area contributed by atoms with Gasteiger partial charge in [-0.3, -0.25) is 0 Å². The van der Waals surface area contributed by atoms with Gasteiger partial charge in [-0.05, 0) is 19.1 Å². The van der Waals surface area contributed by atoms with E-state index in [4.69, 9.17) is 5.73 Å². The van der Waals surface area contributed by atoms with Crippen LogP contribution in [0.5, 0.6) is 0 Å². The molecule has 0 amide bonds. The predicted molar refractivity (Wildman–Crippen MR) is 74.9 cm³/mol. The van der Waals surface area contributed by atoms with Gasteiger partial charge in [0, 0.05) is 11.5 Å². The van der Waals surface area contributed by atoms with E-state index in [9.17, 15) is 8.78 Å². The Balaban J connectivity index is 2.48. The number of anilines is 3. The normalized spacial score (nSPS) is 10.9. The second kappa shape index (κ2) is 5.40. The zero-order valence-corrected chi connectivity index (χ0v) is 11.5. The average molecular weight is 278 g/mol. The summed E-state index contributed by atoms with van der Waals surface area (Å²) in [5.74, 6) is -0.190. The summed E-state index contributed by atoms with van der Waals surface area (Å²) < 4.78 is 27.3. The maximum Gasteiger partial charge on any atom is 0.149 e. The number of hydrogen-bond donors (Lipinski definition) is 2. The Morgan fingerprint density at radius 1 is 1.15 bits per heavy atom. The molecule has 6 heteroatoms. The first-order valence-electron chi connectivity index (χ1n) is 6.25. The number of nitrogens with zero attached hydrogens (tertiary/aromatic N) is 2. The molecular weight excluding hydrogens is 262 g/mol. The molecule has 0 unspecified atom stereocenters. The van der Waals surface area contributed by atoms with E-state index in [1.165, 1.54) is 18.2 Å². The van der Waals surface area contributed by atoms with E-state index in [2.05, 4.69) is 15.3 Å². The predicted octanol–water partition coefficient (Wildman–Crippen LogP) is 3.51. The third kappa shape index (κ3) is 2.68. The molecule has 3 N–H and O–H groups in total. The van der Waals surface area contributed by atoms with Crippen molar-refractivity contribution >= 4 is 17.3 Å². The zero-order valence-electron chi connectivity index (χ0n) is 11.5. The minimum absolute atomic E-state index is 0.0592. The molecule has 0 spiro atoms. The molecule has 4 nitrogen and oxygen atoms in total. The first-order valence-corrected chi connectivity index (χ1v) is 6.25. The van der Waals surface area contributed by atoms with Gasteiger partial charge in [-0.15, -0.1) is 0 Å². The van der Waals surface area contributed by atoms with Crippen LogP contribution in [-0.4, -0.2) is 9.97 Å². The van der Waals surface area contributed by atoms with Crippen LogP contribution < -0.4 is 11.1 Å². The molecule has 0 saturated carbocycles. The first-order chi connectivity index (χ1) is 9.40. The number of aromatic nitrogens is 2. The van der Waals surface area contributed by atoms with E-state index >= 15 is 0 Å². The molecule has 0 saturated heterocycles. The molecule has 1 aromatic carbocycles. The lowest BCUT2D eigenvalue weighted by Gasteiger charge is -2.14. The zero-order chi connectivity index (χ0) is 14.9. The highest BCUT2D eigenvalue weighted by atomic mass is 19.1. The van der Waals surface area contributed by atoms with Crippen molar-refractivity contribution < 1.29 is 8.78 Å². The van der Waals surface area contributed by atoms with Crippen LogP contribution >= 0.6 is 0 Å². The molecule has 0 aliphatic rings. The van der Waals surface area contributed by atoms with E-state index in [0.717, 1.165) is 0 Å². The monoisotopic (exact) mass is 278 g/mol.